The largest absolute Gasteiger partial charge is 0.472 e. The molecule has 0 saturated carbocycles. The van der Waals surface area contributed by atoms with Gasteiger partial charge >= 0.3 is 39.5 Å². The van der Waals surface area contributed by atoms with Gasteiger partial charge in [-0.3, -0.25) is 37.3 Å². The maximum Gasteiger partial charge on any atom is 0.472 e. The van der Waals surface area contributed by atoms with Crippen LogP contribution in [0, 0.1) is 17.8 Å². The van der Waals surface area contributed by atoms with Gasteiger partial charge in [0.1, 0.15) is 19.3 Å². The Kier molecular flexibility index (Phi) is 70.9. The predicted molar refractivity (Wildman–Crippen MR) is 414 cm³/mol. The third kappa shape index (κ3) is 74.7. The maximum atomic E-state index is 13.1. The molecule has 19 heteroatoms. The predicted octanol–water partition coefficient (Wildman–Crippen LogP) is 24.5. The Hall–Kier alpha value is -1.94. The van der Waals surface area contributed by atoms with Crippen molar-refractivity contribution in [1.29, 1.82) is 0 Å². The summed E-state index contributed by atoms with van der Waals surface area (Å²) in [6.07, 6.45) is 61.0. The summed E-state index contributed by atoms with van der Waals surface area (Å²) in [7, 11) is -9.92. The van der Waals surface area contributed by atoms with Crippen molar-refractivity contribution in [2.24, 2.45) is 17.8 Å². The molecule has 0 bridgehead atoms. The van der Waals surface area contributed by atoms with Gasteiger partial charge in [-0.2, -0.15) is 0 Å². The van der Waals surface area contributed by atoms with E-state index < -0.39 is 97.5 Å². The Morgan fingerprint density at radius 3 is 0.752 bits per heavy atom. The van der Waals surface area contributed by atoms with Crippen LogP contribution in [0.2, 0.25) is 0 Å². The van der Waals surface area contributed by atoms with E-state index >= 15 is 0 Å². The molecule has 0 aromatic heterocycles. The van der Waals surface area contributed by atoms with E-state index in [9.17, 15) is 43.2 Å². The van der Waals surface area contributed by atoms with Crippen LogP contribution in [0.5, 0.6) is 0 Å². The zero-order valence-corrected chi connectivity index (χ0v) is 68.2. The summed E-state index contributed by atoms with van der Waals surface area (Å²) in [5, 5.41) is 10.6. The van der Waals surface area contributed by atoms with E-state index in [2.05, 4.69) is 48.5 Å². The quantitative estimate of drug-likeness (QED) is 0.0222. The molecule has 3 N–H and O–H groups in total. The van der Waals surface area contributed by atoms with Gasteiger partial charge in [0.05, 0.1) is 26.4 Å². The zero-order chi connectivity index (χ0) is 74.4. The summed E-state index contributed by atoms with van der Waals surface area (Å²) < 4.78 is 68.8. The number of aliphatic hydroxyl groups excluding tert-OH is 1. The molecule has 0 aliphatic rings. The molecule has 0 fully saturated rings. The fraction of sp³-hybridized carbons (Fsp3) is 0.951. The van der Waals surface area contributed by atoms with Gasteiger partial charge in [-0.25, -0.2) is 9.13 Å². The molecule has 0 aromatic rings. The smallest absolute Gasteiger partial charge is 0.462 e. The molecule has 600 valence electrons. The Labute approximate surface area is 619 Å². The minimum atomic E-state index is -4.96. The van der Waals surface area contributed by atoms with Crippen molar-refractivity contribution < 1.29 is 80.2 Å². The zero-order valence-electron chi connectivity index (χ0n) is 66.4. The van der Waals surface area contributed by atoms with E-state index in [1.165, 1.54) is 238 Å². The van der Waals surface area contributed by atoms with Crippen LogP contribution in [-0.2, 0) is 65.4 Å². The van der Waals surface area contributed by atoms with Crippen LogP contribution in [0.4, 0.5) is 0 Å². The first-order chi connectivity index (χ1) is 48.8. The number of carbonyl (C=O) groups excluding carboxylic acids is 4. The highest BCUT2D eigenvalue weighted by Crippen LogP contribution is 2.45. The number of carbonyl (C=O) groups is 4. The van der Waals surface area contributed by atoms with E-state index in [0.717, 1.165) is 108 Å². The molecule has 0 aromatic carbocycles. The van der Waals surface area contributed by atoms with Gasteiger partial charge in [0.15, 0.2) is 12.2 Å². The van der Waals surface area contributed by atoms with Crippen molar-refractivity contribution >= 4 is 39.5 Å². The van der Waals surface area contributed by atoms with Crippen molar-refractivity contribution in [3.63, 3.8) is 0 Å². The summed E-state index contributed by atoms with van der Waals surface area (Å²) >= 11 is 0. The molecule has 0 radical (unpaired) electrons. The number of aliphatic hydroxyl groups is 1. The third-order valence-corrected chi connectivity index (χ3v) is 21.4. The van der Waals surface area contributed by atoms with Crippen LogP contribution >= 0.6 is 15.6 Å². The van der Waals surface area contributed by atoms with E-state index in [1.807, 2.05) is 0 Å². The fourth-order valence-corrected chi connectivity index (χ4v) is 14.2. The lowest BCUT2D eigenvalue weighted by Crippen LogP contribution is -2.30. The van der Waals surface area contributed by atoms with Crippen molar-refractivity contribution in [2.75, 3.05) is 39.6 Å². The highest BCUT2D eigenvalue weighted by Gasteiger charge is 2.30. The molecule has 17 nitrogen and oxygen atoms in total. The second-order valence-electron chi connectivity index (χ2n) is 30.7. The second-order valence-corrected chi connectivity index (χ2v) is 33.6. The normalized spacial score (nSPS) is 14.2. The first-order valence-corrected chi connectivity index (χ1v) is 45.4. The van der Waals surface area contributed by atoms with Crippen LogP contribution in [0.3, 0.4) is 0 Å². The average Bonchev–Trinajstić information content (AvgIpc) is 0.954. The van der Waals surface area contributed by atoms with E-state index in [-0.39, 0.29) is 25.7 Å². The first-order valence-electron chi connectivity index (χ1n) is 42.4. The number of phosphoric acid groups is 2. The van der Waals surface area contributed by atoms with Crippen molar-refractivity contribution in [3.05, 3.63) is 0 Å². The fourth-order valence-electron chi connectivity index (χ4n) is 12.6. The number of phosphoric ester groups is 2. The molecule has 101 heavy (non-hydrogen) atoms. The molecular weight excluding hydrogens is 1320 g/mol. The van der Waals surface area contributed by atoms with Gasteiger partial charge < -0.3 is 33.8 Å². The third-order valence-electron chi connectivity index (χ3n) is 19.5. The molecule has 0 heterocycles. The number of ether oxygens (including phenoxy) is 4. The lowest BCUT2D eigenvalue weighted by atomic mass is 9.99. The van der Waals surface area contributed by atoms with E-state index in [0.29, 0.717) is 25.7 Å². The highest BCUT2D eigenvalue weighted by atomic mass is 31.2. The van der Waals surface area contributed by atoms with Crippen LogP contribution < -0.4 is 0 Å². The highest BCUT2D eigenvalue weighted by molar-refractivity contribution is 7.47. The summed E-state index contributed by atoms with van der Waals surface area (Å²) in [6, 6.07) is 0. The van der Waals surface area contributed by atoms with Gasteiger partial charge in [-0.15, -0.1) is 0 Å². The summed E-state index contributed by atoms with van der Waals surface area (Å²) in [5.74, 6) is 0.240. The van der Waals surface area contributed by atoms with Gasteiger partial charge in [-0.05, 0) is 43.4 Å². The molecule has 3 unspecified atom stereocenters. The van der Waals surface area contributed by atoms with Crippen LogP contribution in [0.15, 0.2) is 0 Å². The molecule has 0 saturated heterocycles. The molecule has 0 aliphatic heterocycles. The first kappa shape index (κ1) is 99.1. The summed E-state index contributed by atoms with van der Waals surface area (Å²) in [4.78, 5) is 73.1. The Balaban J connectivity index is 5.24. The Bertz CT molecular complexity index is 1960. The van der Waals surface area contributed by atoms with Crippen molar-refractivity contribution in [3.8, 4) is 0 Å². The molecule has 6 atom stereocenters. The Morgan fingerprint density at radius 1 is 0.287 bits per heavy atom. The monoisotopic (exact) mass is 1480 g/mol. The lowest BCUT2D eigenvalue weighted by Gasteiger charge is -2.21. The molecule has 0 spiro atoms. The number of hydrogen-bond donors (Lipinski definition) is 3. The van der Waals surface area contributed by atoms with Crippen LogP contribution in [0.25, 0.3) is 0 Å². The average molecular weight is 1480 g/mol. The number of esters is 4. The summed E-state index contributed by atoms with van der Waals surface area (Å²) in [5.41, 5.74) is 0. The molecule has 0 rings (SSSR count). The van der Waals surface area contributed by atoms with Gasteiger partial charge in [0.25, 0.3) is 0 Å². The van der Waals surface area contributed by atoms with Crippen molar-refractivity contribution in [1.82, 2.24) is 0 Å². The second kappa shape index (κ2) is 72.3. The minimum absolute atomic E-state index is 0.106. The van der Waals surface area contributed by atoms with Crippen LogP contribution in [0.1, 0.15) is 427 Å². The topological polar surface area (TPSA) is 237 Å². The lowest BCUT2D eigenvalue weighted by molar-refractivity contribution is -0.161. The molecule has 0 amide bonds. The van der Waals surface area contributed by atoms with E-state index in [1.54, 1.807) is 0 Å². The Morgan fingerprint density at radius 2 is 0.505 bits per heavy atom. The maximum absolute atomic E-state index is 13.1. The van der Waals surface area contributed by atoms with Gasteiger partial charge in [-0.1, -0.05) is 376 Å². The van der Waals surface area contributed by atoms with Gasteiger partial charge in [0.2, 0.25) is 0 Å². The summed E-state index contributed by atoms with van der Waals surface area (Å²) in [6.45, 7) is 12.0. The number of unbranched alkanes of at least 4 members (excludes halogenated alkanes) is 47. The van der Waals surface area contributed by atoms with Gasteiger partial charge in [0, 0.05) is 25.7 Å². The van der Waals surface area contributed by atoms with E-state index in [4.69, 9.17) is 37.0 Å². The number of hydrogen-bond acceptors (Lipinski definition) is 15. The minimum Gasteiger partial charge on any atom is -0.462 e. The molecule has 0 aliphatic carbocycles. The van der Waals surface area contributed by atoms with Crippen LogP contribution in [-0.4, -0.2) is 96.7 Å². The number of rotatable bonds is 80. The SMILES string of the molecule is CCCCCCCCCCCCCCCCCC(=O)OC[C@H](COP(=O)(O)OC[C@@H](O)COP(=O)(O)OC[C@@H](COC(=O)CCCCCCCCCCC(C)CC)OC(=O)CCCCCCCCCCCCC(C)C)OC(=O)CCCCCCCCCCCCCCCCCCCCC(C)C. The van der Waals surface area contributed by atoms with Crippen molar-refractivity contribution in [2.45, 2.75) is 446 Å². The molecular formula is C82H160O17P2. The standard InChI is InChI=1S/C82H160O17P2/c1-8-10-11-12-13-14-15-16-21-25-28-34-42-49-56-63-79(84)92-69-77(98-81(86)65-58-51-44-35-29-26-23-20-18-17-19-22-24-27-32-39-46-53-60-73(3)4)71-96-100(88,89)94-67-76(83)68-95-101(90,91)97-72-78(70-93-80(85)64-57-50-43-38-37-41-48-55-62-75(7)9-2)99-82(87)66-59-52-45-36-31-30-33-40-47-54-61-74(5)6/h73-78,83H,8-72H2,1-7H3,(H,88,89)(H,90,91)/t75?,76-,77-,78-/m1/s1.